The molecule has 2 aromatic rings. The second-order valence-corrected chi connectivity index (χ2v) is 6.81. The van der Waals surface area contributed by atoms with E-state index in [0.717, 1.165) is 19.5 Å². The van der Waals surface area contributed by atoms with Crippen LogP contribution in [0.1, 0.15) is 29.5 Å². The highest BCUT2D eigenvalue weighted by atomic mass is 16.6. The lowest BCUT2D eigenvalue weighted by molar-refractivity contribution is -0.121. The molecule has 0 radical (unpaired) electrons. The Morgan fingerprint density at radius 3 is 2.88 bits per heavy atom. The molecule has 3 atom stereocenters. The van der Waals surface area contributed by atoms with Crippen molar-refractivity contribution in [3.05, 3.63) is 47.3 Å². The molecule has 3 heterocycles. The summed E-state index contributed by atoms with van der Waals surface area (Å²) < 4.78 is 10.7. The van der Waals surface area contributed by atoms with Crippen LogP contribution in [0.2, 0.25) is 0 Å². The SMILES string of the molecule is Cc1nonc1CC(=O)N[C@H]1C[C@H]2CO[C@@H](c3ccccc3)CN2C1. The molecule has 0 bridgehead atoms. The number of benzene rings is 1. The lowest BCUT2D eigenvalue weighted by Gasteiger charge is -2.35. The van der Waals surface area contributed by atoms with Crippen molar-refractivity contribution in [2.45, 2.75) is 38.0 Å². The number of hydrogen-bond acceptors (Lipinski definition) is 6. The van der Waals surface area contributed by atoms with Gasteiger partial charge in [-0.15, -0.1) is 0 Å². The number of aromatic nitrogens is 2. The molecule has 2 saturated heterocycles. The fourth-order valence-electron chi connectivity index (χ4n) is 3.69. The molecule has 0 unspecified atom stereocenters. The Kier molecular flexibility index (Phi) is 4.50. The van der Waals surface area contributed by atoms with E-state index in [1.165, 1.54) is 5.56 Å². The van der Waals surface area contributed by atoms with Gasteiger partial charge in [-0.05, 0) is 18.9 Å². The van der Waals surface area contributed by atoms with Crippen LogP contribution in [-0.2, 0) is 16.0 Å². The van der Waals surface area contributed by atoms with E-state index in [2.05, 4.69) is 37.3 Å². The van der Waals surface area contributed by atoms with Crippen LogP contribution in [0.5, 0.6) is 0 Å². The highest BCUT2D eigenvalue weighted by Gasteiger charge is 2.38. The second-order valence-electron chi connectivity index (χ2n) is 6.81. The van der Waals surface area contributed by atoms with E-state index in [-0.39, 0.29) is 24.5 Å². The molecule has 2 aliphatic heterocycles. The second kappa shape index (κ2) is 6.93. The van der Waals surface area contributed by atoms with E-state index >= 15 is 0 Å². The number of fused-ring (bicyclic) bond motifs is 1. The minimum absolute atomic E-state index is 0.0378. The van der Waals surface area contributed by atoms with Gasteiger partial charge in [0, 0.05) is 25.2 Å². The number of rotatable bonds is 4. The van der Waals surface area contributed by atoms with Crippen molar-refractivity contribution in [3.8, 4) is 0 Å². The standard InChI is InChI=1S/C18H22N4O3/c1-12-16(21-25-20-12)8-18(23)19-14-7-15-11-24-17(10-22(15)9-14)13-5-3-2-4-6-13/h2-6,14-15,17H,7-11H2,1H3,(H,19,23)/t14-,15-,17+/m0/s1. The van der Waals surface area contributed by atoms with Crippen molar-refractivity contribution >= 4 is 5.91 Å². The maximum absolute atomic E-state index is 12.2. The molecular weight excluding hydrogens is 320 g/mol. The number of nitrogens with one attached hydrogen (secondary N) is 1. The molecule has 2 aliphatic rings. The topological polar surface area (TPSA) is 80.5 Å². The van der Waals surface area contributed by atoms with Crippen molar-refractivity contribution in [1.29, 1.82) is 0 Å². The van der Waals surface area contributed by atoms with Gasteiger partial charge < -0.3 is 10.1 Å². The number of amides is 1. The maximum Gasteiger partial charge on any atom is 0.226 e. The fraction of sp³-hybridized carbons (Fsp3) is 0.500. The Morgan fingerprint density at radius 2 is 2.12 bits per heavy atom. The summed E-state index contributed by atoms with van der Waals surface area (Å²) in [6.07, 6.45) is 1.24. The Hall–Kier alpha value is -2.25. The maximum atomic E-state index is 12.2. The Labute approximate surface area is 146 Å². The average molecular weight is 342 g/mol. The van der Waals surface area contributed by atoms with Crippen LogP contribution in [0.15, 0.2) is 35.0 Å². The predicted molar refractivity (Wildman–Crippen MR) is 89.8 cm³/mol. The van der Waals surface area contributed by atoms with E-state index in [1.807, 2.05) is 18.2 Å². The highest BCUT2D eigenvalue weighted by Crippen LogP contribution is 2.30. The fourth-order valence-corrected chi connectivity index (χ4v) is 3.69. The van der Waals surface area contributed by atoms with Crippen molar-refractivity contribution in [3.63, 3.8) is 0 Å². The third-order valence-electron chi connectivity index (χ3n) is 5.03. The van der Waals surface area contributed by atoms with Gasteiger partial charge in [-0.2, -0.15) is 0 Å². The molecule has 7 nitrogen and oxygen atoms in total. The van der Waals surface area contributed by atoms with E-state index in [9.17, 15) is 4.79 Å². The monoisotopic (exact) mass is 342 g/mol. The van der Waals surface area contributed by atoms with Crippen LogP contribution < -0.4 is 5.32 Å². The normalized spacial score (nSPS) is 26.4. The third kappa shape index (κ3) is 3.57. The lowest BCUT2D eigenvalue weighted by atomic mass is 10.1. The van der Waals surface area contributed by atoms with Gasteiger partial charge in [0.25, 0.3) is 0 Å². The number of carbonyl (C=O) groups excluding carboxylic acids is 1. The van der Waals surface area contributed by atoms with Crippen LogP contribution >= 0.6 is 0 Å². The summed E-state index contributed by atoms with van der Waals surface area (Å²) >= 11 is 0. The zero-order valence-electron chi connectivity index (χ0n) is 14.2. The molecule has 1 N–H and O–H groups in total. The van der Waals surface area contributed by atoms with Gasteiger partial charge in [-0.3, -0.25) is 9.69 Å². The first kappa shape index (κ1) is 16.2. The van der Waals surface area contributed by atoms with Gasteiger partial charge in [0.05, 0.1) is 19.1 Å². The summed E-state index contributed by atoms with van der Waals surface area (Å²) in [5, 5.41) is 10.6. The van der Waals surface area contributed by atoms with Crippen LogP contribution in [0, 0.1) is 6.92 Å². The van der Waals surface area contributed by atoms with Gasteiger partial charge in [-0.1, -0.05) is 40.6 Å². The van der Waals surface area contributed by atoms with Crippen LogP contribution in [0.3, 0.4) is 0 Å². The predicted octanol–water partition coefficient (Wildman–Crippen LogP) is 1.25. The summed E-state index contributed by atoms with van der Waals surface area (Å²) in [5.41, 5.74) is 2.47. The van der Waals surface area contributed by atoms with E-state index in [4.69, 9.17) is 4.74 Å². The number of ether oxygens (including phenoxy) is 1. The third-order valence-corrected chi connectivity index (χ3v) is 5.03. The van der Waals surface area contributed by atoms with Crippen molar-refractivity contribution in [2.24, 2.45) is 0 Å². The van der Waals surface area contributed by atoms with Gasteiger partial charge in [0.2, 0.25) is 5.91 Å². The van der Waals surface area contributed by atoms with Crippen LogP contribution in [-0.4, -0.2) is 52.9 Å². The molecule has 1 aromatic carbocycles. The zero-order chi connectivity index (χ0) is 17.2. The summed E-state index contributed by atoms with van der Waals surface area (Å²) in [4.78, 5) is 14.7. The van der Waals surface area contributed by atoms with Gasteiger partial charge in [-0.25, -0.2) is 4.63 Å². The Balaban J connectivity index is 1.32. The lowest BCUT2D eigenvalue weighted by Crippen LogP contribution is -2.43. The smallest absolute Gasteiger partial charge is 0.226 e. The van der Waals surface area contributed by atoms with Gasteiger partial charge in [0.15, 0.2) is 0 Å². The highest BCUT2D eigenvalue weighted by molar-refractivity contribution is 5.78. The van der Waals surface area contributed by atoms with Crippen molar-refractivity contribution in [2.75, 3.05) is 19.7 Å². The van der Waals surface area contributed by atoms with Crippen molar-refractivity contribution < 1.29 is 14.2 Å². The summed E-state index contributed by atoms with van der Waals surface area (Å²) in [6, 6.07) is 10.8. The zero-order valence-corrected chi connectivity index (χ0v) is 14.2. The molecule has 25 heavy (non-hydrogen) atoms. The summed E-state index contributed by atoms with van der Waals surface area (Å²) in [5.74, 6) is -0.0378. The van der Waals surface area contributed by atoms with E-state index in [1.54, 1.807) is 6.92 Å². The molecule has 7 heteroatoms. The number of carbonyl (C=O) groups is 1. The molecule has 1 aromatic heterocycles. The minimum atomic E-state index is -0.0378. The number of hydrogen-bond donors (Lipinski definition) is 1. The number of nitrogens with zero attached hydrogens (tertiary/aromatic N) is 3. The van der Waals surface area contributed by atoms with Gasteiger partial charge >= 0.3 is 0 Å². The largest absolute Gasteiger partial charge is 0.371 e. The molecule has 0 aliphatic carbocycles. The van der Waals surface area contributed by atoms with Crippen molar-refractivity contribution in [1.82, 2.24) is 20.5 Å². The number of aryl methyl sites for hydroxylation is 1. The summed E-state index contributed by atoms with van der Waals surface area (Å²) in [7, 11) is 0. The molecule has 1 amide bonds. The van der Waals surface area contributed by atoms with Crippen LogP contribution in [0.25, 0.3) is 0 Å². The van der Waals surface area contributed by atoms with E-state index < -0.39 is 0 Å². The van der Waals surface area contributed by atoms with E-state index in [0.29, 0.717) is 24.0 Å². The first-order valence-electron chi connectivity index (χ1n) is 8.67. The summed E-state index contributed by atoms with van der Waals surface area (Å²) in [6.45, 7) is 4.22. The minimum Gasteiger partial charge on any atom is -0.371 e. The number of morpholine rings is 1. The first-order valence-corrected chi connectivity index (χ1v) is 8.67. The molecule has 0 spiro atoms. The quantitative estimate of drug-likeness (QED) is 0.901. The Bertz CT molecular complexity index is 733. The molecule has 0 saturated carbocycles. The molecule has 2 fully saturated rings. The first-order chi connectivity index (χ1) is 12.2. The molecule has 4 rings (SSSR count). The van der Waals surface area contributed by atoms with Gasteiger partial charge in [0.1, 0.15) is 11.4 Å². The average Bonchev–Trinajstić information content (AvgIpc) is 3.20. The van der Waals surface area contributed by atoms with Crippen LogP contribution in [0.4, 0.5) is 0 Å². The Morgan fingerprint density at radius 1 is 1.28 bits per heavy atom. The molecular formula is C18H22N4O3. The molecule has 132 valence electrons.